The molecule has 0 radical (unpaired) electrons. The number of carbonyl (C=O) groups excluding carboxylic acids is 1. The lowest BCUT2D eigenvalue weighted by Crippen LogP contribution is -2.33. The maximum atomic E-state index is 12.5. The molecule has 0 atom stereocenters. The molecule has 100 valence electrons. The Morgan fingerprint density at radius 3 is 2.44 bits per heavy atom. The Labute approximate surface area is 109 Å². The van der Waals surface area contributed by atoms with Crippen LogP contribution < -0.4 is 0 Å². The van der Waals surface area contributed by atoms with Crippen molar-refractivity contribution in [2.24, 2.45) is 0 Å². The molecule has 4 nitrogen and oxygen atoms in total. The van der Waals surface area contributed by atoms with E-state index >= 15 is 0 Å². The largest absolute Gasteiger partial charge is 0.337 e. The van der Waals surface area contributed by atoms with Crippen molar-refractivity contribution in [2.75, 3.05) is 13.1 Å². The summed E-state index contributed by atoms with van der Waals surface area (Å²) in [5, 5.41) is 4.46. The van der Waals surface area contributed by atoms with Crippen LogP contribution in [0.1, 0.15) is 55.7 Å². The van der Waals surface area contributed by atoms with Gasteiger partial charge in [0.05, 0.1) is 5.69 Å². The van der Waals surface area contributed by atoms with Crippen molar-refractivity contribution in [1.82, 2.24) is 14.7 Å². The zero-order valence-electron chi connectivity index (χ0n) is 11.5. The summed E-state index contributed by atoms with van der Waals surface area (Å²) in [6.07, 6.45) is 5.64. The van der Waals surface area contributed by atoms with E-state index in [1.807, 2.05) is 22.6 Å². The lowest BCUT2D eigenvalue weighted by Gasteiger charge is -2.20. The molecule has 1 saturated heterocycles. The first kappa shape index (κ1) is 13.1. The van der Waals surface area contributed by atoms with Gasteiger partial charge in [-0.15, -0.1) is 0 Å². The number of nitrogens with zero attached hydrogens (tertiary/aromatic N) is 3. The molecule has 2 rings (SSSR count). The highest BCUT2D eigenvalue weighted by atomic mass is 16.2. The van der Waals surface area contributed by atoms with Gasteiger partial charge in [-0.25, -0.2) is 0 Å². The van der Waals surface area contributed by atoms with E-state index in [-0.39, 0.29) is 5.91 Å². The summed E-state index contributed by atoms with van der Waals surface area (Å²) >= 11 is 0. The molecule has 1 aliphatic heterocycles. The lowest BCUT2D eigenvalue weighted by atomic mass is 10.2. The van der Waals surface area contributed by atoms with Crippen LogP contribution >= 0.6 is 0 Å². The number of hydrogen-bond acceptors (Lipinski definition) is 2. The van der Waals surface area contributed by atoms with Crippen LogP contribution in [0.2, 0.25) is 0 Å². The Bertz CT molecular complexity index is 403. The second-order valence-corrected chi connectivity index (χ2v) is 4.90. The second-order valence-electron chi connectivity index (χ2n) is 4.90. The third kappa shape index (κ3) is 2.74. The highest BCUT2D eigenvalue weighted by Gasteiger charge is 2.21. The molecule has 0 saturated carbocycles. The van der Waals surface area contributed by atoms with E-state index < -0.39 is 0 Å². The molecule has 1 fully saturated rings. The molecule has 0 unspecified atom stereocenters. The molecule has 1 aromatic heterocycles. The van der Waals surface area contributed by atoms with Crippen LogP contribution in [0.4, 0.5) is 0 Å². The molecule has 0 spiro atoms. The van der Waals surface area contributed by atoms with Crippen LogP contribution in [0.5, 0.6) is 0 Å². The summed E-state index contributed by atoms with van der Waals surface area (Å²) in [4.78, 5) is 14.5. The number of hydrogen-bond donors (Lipinski definition) is 0. The SMILES string of the molecule is CCc1cc(C(=O)N2CCCCCC2)n(CC)n1. The molecule has 0 aromatic carbocycles. The summed E-state index contributed by atoms with van der Waals surface area (Å²) in [6, 6.07) is 1.96. The minimum Gasteiger partial charge on any atom is -0.337 e. The van der Waals surface area contributed by atoms with Gasteiger partial charge in [-0.3, -0.25) is 9.48 Å². The Morgan fingerprint density at radius 2 is 1.89 bits per heavy atom. The van der Waals surface area contributed by atoms with Gasteiger partial charge >= 0.3 is 0 Å². The highest BCUT2D eigenvalue weighted by Crippen LogP contribution is 2.14. The molecule has 0 aliphatic carbocycles. The minimum absolute atomic E-state index is 0.158. The molecule has 2 heterocycles. The van der Waals surface area contributed by atoms with Crippen molar-refractivity contribution in [3.05, 3.63) is 17.5 Å². The Hall–Kier alpha value is -1.32. The zero-order valence-corrected chi connectivity index (χ0v) is 11.5. The van der Waals surface area contributed by atoms with Gasteiger partial charge in [0.1, 0.15) is 5.69 Å². The normalized spacial score (nSPS) is 16.7. The molecule has 1 aromatic rings. The molecule has 4 heteroatoms. The van der Waals surface area contributed by atoms with Crippen molar-refractivity contribution >= 4 is 5.91 Å². The van der Waals surface area contributed by atoms with Gasteiger partial charge in [0, 0.05) is 19.6 Å². The first-order chi connectivity index (χ1) is 8.76. The fraction of sp³-hybridized carbons (Fsp3) is 0.714. The van der Waals surface area contributed by atoms with Crippen LogP contribution in [-0.2, 0) is 13.0 Å². The van der Waals surface area contributed by atoms with Gasteiger partial charge in [-0.05, 0) is 32.3 Å². The van der Waals surface area contributed by atoms with Gasteiger partial charge < -0.3 is 4.90 Å². The van der Waals surface area contributed by atoms with Crippen molar-refractivity contribution in [3.63, 3.8) is 0 Å². The molecular formula is C14H23N3O. The van der Waals surface area contributed by atoms with Crippen molar-refractivity contribution in [2.45, 2.75) is 52.5 Å². The summed E-state index contributed by atoms with van der Waals surface area (Å²) in [7, 11) is 0. The van der Waals surface area contributed by atoms with Crippen LogP contribution in [0.25, 0.3) is 0 Å². The maximum Gasteiger partial charge on any atom is 0.272 e. The number of rotatable bonds is 3. The van der Waals surface area contributed by atoms with Crippen LogP contribution in [0.3, 0.4) is 0 Å². The van der Waals surface area contributed by atoms with Crippen LogP contribution in [0.15, 0.2) is 6.07 Å². The van der Waals surface area contributed by atoms with E-state index in [2.05, 4.69) is 12.0 Å². The summed E-state index contributed by atoms with van der Waals surface area (Å²) in [6.45, 7) is 6.66. The van der Waals surface area contributed by atoms with E-state index in [4.69, 9.17) is 0 Å². The molecule has 1 amide bonds. The first-order valence-electron chi connectivity index (χ1n) is 7.12. The van der Waals surface area contributed by atoms with E-state index in [0.717, 1.165) is 50.3 Å². The molecule has 18 heavy (non-hydrogen) atoms. The molecular weight excluding hydrogens is 226 g/mol. The summed E-state index contributed by atoms with van der Waals surface area (Å²) < 4.78 is 1.84. The average molecular weight is 249 g/mol. The van der Waals surface area contributed by atoms with E-state index in [1.54, 1.807) is 0 Å². The fourth-order valence-corrected chi connectivity index (χ4v) is 2.49. The lowest BCUT2D eigenvalue weighted by molar-refractivity contribution is 0.0749. The Kier molecular flexibility index (Phi) is 4.39. The topological polar surface area (TPSA) is 38.1 Å². The summed E-state index contributed by atoms with van der Waals surface area (Å²) in [5.41, 5.74) is 1.77. The number of aromatic nitrogens is 2. The Balaban J connectivity index is 2.18. The number of aryl methyl sites for hydroxylation is 2. The van der Waals surface area contributed by atoms with Crippen LogP contribution in [-0.4, -0.2) is 33.7 Å². The standard InChI is InChI=1S/C14H23N3O/c1-3-12-11-13(17(4-2)15-12)14(18)16-9-7-5-6-8-10-16/h11H,3-10H2,1-2H3. The van der Waals surface area contributed by atoms with Crippen molar-refractivity contribution < 1.29 is 4.79 Å². The van der Waals surface area contributed by atoms with Crippen LogP contribution in [0, 0.1) is 0 Å². The molecule has 0 bridgehead atoms. The second kappa shape index (κ2) is 6.03. The number of amides is 1. The van der Waals surface area contributed by atoms with Gasteiger partial charge in [-0.2, -0.15) is 5.10 Å². The van der Waals surface area contributed by atoms with Crippen molar-refractivity contribution in [3.8, 4) is 0 Å². The molecule has 1 aliphatic rings. The highest BCUT2D eigenvalue weighted by molar-refractivity contribution is 5.92. The van der Waals surface area contributed by atoms with Gasteiger partial charge in [-0.1, -0.05) is 19.8 Å². The quantitative estimate of drug-likeness (QED) is 0.825. The zero-order chi connectivity index (χ0) is 13.0. The maximum absolute atomic E-state index is 12.5. The Morgan fingerprint density at radius 1 is 1.22 bits per heavy atom. The van der Waals surface area contributed by atoms with Crippen molar-refractivity contribution in [1.29, 1.82) is 0 Å². The van der Waals surface area contributed by atoms with Gasteiger partial charge in [0.25, 0.3) is 5.91 Å². The minimum atomic E-state index is 0.158. The predicted octanol–water partition coefficient (Wildman–Crippen LogP) is 2.48. The summed E-state index contributed by atoms with van der Waals surface area (Å²) in [5.74, 6) is 0.158. The molecule has 0 N–H and O–H groups in total. The monoisotopic (exact) mass is 249 g/mol. The average Bonchev–Trinajstić information content (AvgIpc) is 2.63. The predicted molar refractivity (Wildman–Crippen MR) is 71.7 cm³/mol. The smallest absolute Gasteiger partial charge is 0.272 e. The number of carbonyl (C=O) groups is 1. The van der Waals surface area contributed by atoms with Gasteiger partial charge in [0.15, 0.2) is 0 Å². The van der Waals surface area contributed by atoms with E-state index in [1.165, 1.54) is 12.8 Å². The van der Waals surface area contributed by atoms with E-state index in [0.29, 0.717) is 0 Å². The van der Waals surface area contributed by atoms with Gasteiger partial charge in [0.2, 0.25) is 0 Å². The van der Waals surface area contributed by atoms with E-state index in [9.17, 15) is 4.79 Å². The number of likely N-dealkylation sites (tertiary alicyclic amines) is 1. The first-order valence-corrected chi connectivity index (χ1v) is 7.12. The third-order valence-corrected chi connectivity index (χ3v) is 3.60. The fourth-order valence-electron chi connectivity index (χ4n) is 2.49. The third-order valence-electron chi connectivity index (χ3n) is 3.60.